The molecular formula is C11H13NS. The van der Waals surface area contributed by atoms with Gasteiger partial charge in [0.2, 0.25) is 0 Å². The topological polar surface area (TPSA) is 15.8 Å². The van der Waals surface area contributed by atoms with Crippen LogP contribution < -0.4 is 0 Å². The Morgan fingerprint density at radius 3 is 3.00 bits per heavy atom. The number of hydrogen-bond acceptors (Lipinski definition) is 1. The molecule has 0 aliphatic heterocycles. The van der Waals surface area contributed by atoms with Gasteiger partial charge < -0.3 is 4.98 Å². The van der Waals surface area contributed by atoms with Crippen LogP contribution in [0.3, 0.4) is 0 Å². The summed E-state index contributed by atoms with van der Waals surface area (Å²) in [6.07, 6.45) is 4.24. The number of fused-ring (bicyclic) bond motifs is 1. The Kier molecular flexibility index (Phi) is 2.32. The van der Waals surface area contributed by atoms with Crippen molar-refractivity contribution in [1.29, 1.82) is 0 Å². The molecule has 1 heterocycles. The first-order chi connectivity index (χ1) is 6.31. The largest absolute Gasteiger partial charge is 0.361 e. The van der Waals surface area contributed by atoms with Crippen LogP contribution in [0, 0.1) is 6.92 Å². The molecule has 0 fully saturated rings. The van der Waals surface area contributed by atoms with Crippen molar-refractivity contribution in [2.24, 2.45) is 0 Å². The van der Waals surface area contributed by atoms with Gasteiger partial charge in [-0.1, -0.05) is 12.1 Å². The van der Waals surface area contributed by atoms with Crippen molar-refractivity contribution in [1.82, 2.24) is 4.98 Å². The van der Waals surface area contributed by atoms with Gasteiger partial charge in [-0.15, -0.1) is 0 Å². The second-order valence-corrected chi connectivity index (χ2v) is 4.16. The molecule has 2 rings (SSSR count). The van der Waals surface area contributed by atoms with Crippen LogP contribution in [-0.2, 0) is 5.75 Å². The molecule has 1 aromatic heterocycles. The Hall–Kier alpha value is -0.890. The first-order valence-corrected chi connectivity index (χ1v) is 5.76. The van der Waals surface area contributed by atoms with E-state index in [1.807, 2.05) is 11.8 Å². The maximum absolute atomic E-state index is 3.30. The second kappa shape index (κ2) is 3.46. The Morgan fingerprint density at radius 2 is 2.23 bits per heavy atom. The van der Waals surface area contributed by atoms with E-state index < -0.39 is 0 Å². The van der Waals surface area contributed by atoms with E-state index in [9.17, 15) is 0 Å². The average Bonchev–Trinajstić information content (AvgIpc) is 2.49. The standard InChI is InChI=1S/C11H13NS/c1-8-3-4-10-9(7-13-2)6-12-11(10)5-8/h3-6,12H,7H2,1-2H3. The highest BCUT2D eigenvalue weighted by Crippen LogP contribution is 2.22. The number of aryl methyl sites for hydroxylation is 1. The third-order valence-corrected chi connectivity index (χ3v) is 2.82. The number of hydrogen-bond donors (Lipinski definition) is 1. The van der Waals surface area contributed by atoms with E-state index in [1.165, 1.54) is 22.0 Å². The molecule has 1 N–H and O–H groups in total. The molecule has 2 heteroatoms. The van der Waals surface area contributed by atoms with Crippen molar-refractivity contribution in [3.63, 3.8) is 0 Å². The Balaban J connectivity index is 2.55. The van der Waals surface area contributed by atoms with Gasteiger partial charge >= 0.3 is 0 Å². The summed E-state index contributed by atoms with van der Waals surface area (Å²) in [7, 11) is 0. The summed E-state index contributed by atoms with van der Waals surface area (Å²) in [6.45, 7) is 2.12. The van der Waals surface area contributed by atoms with Gasteiger partial charge in [0.1, 0.15) is 0 Å². The van der Waals surface area contributed by atoms with E-state index in [-0.39, 0.29) is 0 Å². The van der Waals surface area contributed by atoms with Crippen LogP contribution in [0.25, 0.3) is 10.9 Å². The Morgan fingerprint density at radius 1 is 1.38 bits per heavy atom. The summed E-state index contributed by atoms with van der Waals surface area (Å²) in [6, 6.07) is 6.56. The summed E-state index contributed by atoms with van der Waals surface area (Å²) >= 11 is 1.86. The molecule has 13 heavy (non-hydrogen) atoms. The molecule has 0 unspecified atom stereocenters. The Labute approximate surface area is 82.5 Å². The van der Waals surface area contributed by atoms with E-state index in [4.69, 9.17) is 0 Å². The van der Waals surface area contributed by atoms with Crippen LogP contribution >= 0.6 is 11.8 Å². The molecule has 0 radical (unpaired) electrons. The van der Waals surface area contributed by atoms with Gasteiger partial charge in [-0.3, -0.25) is 0 Å². The highest BCUT2D eigenvalue weighted by atomic mass is 32.2. The third kappa shape index (κ3) is 1.59. The third-order valence-electron chi connectivity index (χ3n) is 2.22. The molecule has 68 valence electrons. The average molecular weight is 191 g/mol. The van der Waals surface area contributed by atoms with Gasteiger partial charge in [0, 0.05) is 22.9 Å². The maximum Gasteiger partial charge on any atom is 0.0459 e. The molecular weight excluding hydrogens is 178 g/mol. The van der Waals surface area contributed by atoms with Gasteiger partial charge in [-0.05, 0) is 30.4 Å². The second-order valence-electron chi connectivity index (χ2n) is 3.30. The highest BCUT2D eigenvalue weighted by molar-refractivity contribution is 7.97. The van der Waals surface area contributed by atoms with Crippen LogP contribution in [0.2, 0.25) is 0 Å². The number of thioether (sulfide) groups is 1. The summed E-state index contributed by atoms with van der Waals surface area (Å²) in [5.74, 6) is 1.09. The fraction of sp³-hybridized carbons (Fsp3) is 0.273. The lowest BCUT2D eigenvalue weighted by Crippen LogP contribution is -1.76. The van der Waals surface area contributed by atoms with Gasteiger partial charge in [0.25, 0.3) is 0 Å². The van der Waals surface area contributed by atoms with Crippen molar-refractivity contribution in [3.8, 4) is 0 Å². The lowest BCUT2D eigenvalue weighted by molar-refractivity contribution is 1.40. The van der Waals surface area contributed by atoms with Crippen molar-refractivity contribution in [3.05, 3.63) is 35.5 Å². The fourth-order valence-corrected chi connectivity index (χ4v) is 2.12. The van der Waals surface area contributed by atoms with Gasteiger partial charge in [-0.25, -0.2) is 0 Å². The summed E-state index contributed by atoms with van der Waals surface area (Å²) in [5.41, 5.74) is 3.97. The van der Waals surface area contributed by atoms with Crippen LogP contribution in [0.1, 0.15) is 11.1 Å². The minimum Gasteiger partial charge on any atom is -0.361 e. The minimum atomic E-state index is 1.09. The number of aromatic nitrogens is 1. The van der Waals surface area contributed by atoms with Crippen LogP contribution in [0.5, 0.6) is 0 Å². The molecule has 0 aliphatic rings. The molecule has 0 aliphatic carbocycles. The zero-order valence-corrected chi connectivity index (χ0v) is 8.74. The van der Waals surface area contributed by atoms with E-state index in [1.54, 1.807) is 0 Å². The van der Waals surface area contributed by atoms with Gasteiger partial charge in [0.15, 0.2) is 0 Å². The molecule has 0 bridgehead atoms. The molecule has 0 spiro atoms. The number of H-pyrrole nitrogens is 1. The van der Waals surface area contributed by atoms with Crippen LogP contribution in [0.4, 0.5) is 0 Å². The zero-order valence-electron chi connectivity index (χ0n) is 7.92. The van der Waals surface area contributed by atoms with Crippen molar-refractivity contribution < 1.29 is 0 Å². The molecule has 0 atom stereocenters. The lowest BCUT2D eigenvalue weighted by Gasteiger charge is -1.96. The van der Waals surface area contributed by atoms with Gasteiger partial charge in [-0.2, -0.15) is 11.8 Å². The SMILES string of the molecule is CSCc1c[nH]c2cc(C)ccc12. The van der Waals surface area contributed by atoms with E-state index >= 15 is 0 Å². The monoisotopic (exact) mass is 191 g/mol. The van der Waals surface area contributed by atoms with E-state index in [0.717, 1.165) is 5.75 Å². The first kappa shape index (κ1) is 8.70. The molecule has 1 aromatic carbocycles. The van der Waals surface area contributed by atoms with E-state index in [0.29, 0.717) is 0 Å². The summed E-state index contributed by atoms with van der Waals surface area (Å²) < 4.78 is 0. The highest BCUT2D eigenvalue weighted by Gasteiger charge is 2.01. The molecule has 0 saturated carbocycles. The van der Waals surface area contributed by atoms with Gasteiger partial charge in [0.05, 0.1) is 0 Å². The maximum atomic E-state index is 3.30. The van der Waals surface area contributed by atoms with E-state index in [2.05, 4.69) is 42.6 Å². The molecule has 0 saturated heterocycles. The number of aromatic amines is 1. The summed E-state index contributed by atoms with van der Waals surface area (Å²) in [4.78, 5) is 3.30. The minimum absolute atomic E-state index is 1.09. The predicted molar refractivity (Wildman–Crippen MR) is 60.3 cm³/mol. The van der Waals surface area contributed by atoms with Crippen LogP contribution in [0.15, 0.2) is 24.4 Å². The quantitative estimate of drug-likeness (QED) is 0.769. The lowest BCUT2D eigenvalue weighted by atomic mass is 10.1. The molecule has 1 nitrogen and oxygen atoms in total. The van der Waals surface area contributed by atoms with Crippen LogP contribution in [-0.4, -0.2) is 11.2 Å². The Bertz CT molecular complexity index is 417. The number of benzene rings is 1. The summed E-state index contributed by atoms with van der Waals surface area (Å²) in [5, 5.41) is 1.36. The smallest absolute Gasteiger partial charge is 0.0459 e. The fourth-order valence-electron chi connectivity index (χ4n) is 1.58. The first-order valence-electron chi connectivity index (χ1n) is 4.37. The predicted octanol–water partition coefficient (Wildman–Crippen LogP) is 3.34. The van der Waals surface area contributed by atoms with Crippen molar-refractivity contribution in [2.75, 3.05) is 6.26 Å². The molecule has 0 amide bonds. The normalized spacial score (nSPS) is 10.9. The molecule has 2 aromatic rings. The number of rotatable bonds is 2. The zero-order chi connectivity index (χ0) is 9.26. The number of nitrogens with one attached hydrogen (secondary N) is 1. The van der Waals surface area contributed by atoms with Crippen molar-refractivity contribution >= 4 is 22.7 Å². The van der Waals surface area contributed by atoms with Crippen molar-refractivity contribution in [2.45, 2.75) is 12.7 Å².